The third kappa shape index (κ3) is 4.70. The van der Waals surface area contributed by atoms with Crippen LogP contribution in [0.4, 0.5) is 4.79 Å². The highest BCUT2D eigenvalue weighted by Gasteiger charge is 2.43. The van der Waals surface area contributed by atoms with Crippen LogP contribution in [0.25, 0.3) is 0 Å². The van der Waals surface area contributed by atoms with Crippen LogP contribution >= 0.6 is 0 Å². The van der Waals surface area contributed by atoms with Gasteiger partial charge in [-0.15, -0.1) is 0 Å². The number of hydrogen-bond acceptors (Lipinski definition) is 4. The monoisotopic (exact) mass is 273 g/mol. The normalized spacial score (nSPS) is 22.4. The number of likely N-dealkylation sites (tertiary alicyclic amines) is 1. The summed E-state index contributed by atoms with van der Waals surface area (Å²) in [5.41, 5.74) is -0.826. The highest BCUT2D eigenvalue weighted by molar-refractivity contribution is 5.69. The molecule has 1 saturated heterocycles. The van der Waals surface area contributed by atoms with Crippen molar-refractivity contribution in [3.05, 3.63) is 0 Å². The average molecular weight is 273 g/mol. The number of rotatable bonds is 3. The van der Waals surface area contributed by atoms with E-state index >= 15 is 0 Å². The predicted octanol–water partition coefficient (Wildman–Crippen LogP) is 1.73. The van der Waals surface area contributed by atoms with E-state index < -0.39 is 11.6 Å². The minimum absolute atomic E-state index is 0.285. The second-order valence-corrected chi connectivity index (χ2v) is 6.54. The van der Waals surface area contributed by atoms with Gasteiger partial charge in [0.1, 0.15) is 12.2 Å². The van der Waals surface area contributed by atoms with E-state index in [1.807, 2.05) is 34.6 Å². The molecule has 1 unspecified atom stereocenters. The summed E-state index contributed by atoms with van der Waals surface area (Å²) >= 11 is 0. The van der Waals surface area contributed by atoms with E-state index in [9.17, 15) is 9.59 Å². The summed E-state index contributed by atoms with van der Waals surface area (Å²) < 4.78 is 10.6. The first-order valence-electron chi connectivity index (χ1n) is 6.32. The number of hydrogen-bond donors (Lipinski definition) is 1. The fourth-order valence-corrected chi connectivity index (χ4v) is 2.02. The first-order valence-corrected chi connectivity index (χ1v) is 6.32. The summed E-state index contributed by atoms with van der Waals surface area (Å²) in [7, 11) is 0. The molecule has 1 heterocycles. The SMILES string of the molecule is CC(C)(C)OC(=O)N1CC(OCC(=O)O)C(C)(C)C1. The van der Waals surface area contributed by atoms with Gasteiger partial charge in [-0.05, 0) is 20.8 Å². The molecule has 0 bridgehead atoms. The Labute approximate surface area is 113 Å². The van der Waals surface area contributed by atoms with Gasteiger partial charge in [0.2, 0.25) is 0 Å². The van der Waals surface area contributed by atoms with Crippen LogP contribution in [0.2, 0.25) is 0 Å². The Balaban J connectivity index is 2.61. The van der Waals surface area contributed by atoms with E-state index in [1.54, 1.807) is 4.90 Å². The summed E-state index contributed by atoms with van der Waals surface area (Å²) in [6.07, 6.45) is -0.682. The molecule has 19 heavy (non-hydrogen) atoms. The third-order valence-corrected chi connectivity index (χ3v) is 2.92. The van der Waals surface area contributed by atoms with E-state index in [-0.39, 0.29) is 24.2 Å². The van der Waals surface area contributed by atoms with Crippen molar-refractivity contribution in [2.45, 2.75) is 46.3 Å². The molecule has 0 aliphatic carbocycles. The van der Waals surface area contributed by atoms with Gasteiger partial charge in [0.15, 0.2) is 0 Å². The maximum atomic E-state index is 12.0. The Morgan fingerprint density at radius 3 is 2.42 bits per heavy atom. The zero-order valence-electron chi connectivity index (χ0n) is 12.2. The van der Waals surface area contributed by atoms with Crippen LogP contribution in [0.3, 0.4) is 0 Å². The number of aliphatic carboxylic acids is 1. The standard InChI is InChI=1S/C13H23NO5/c1-12(2,3)19-11(17)14-6-9(13(4,5)8-14)18-7-10(15)16/h9H,6-8H2,1-5H3,(H,15,16). The Bertz CT molecular complexity index is 359. The molecule has 1 atom stereocenters. The van der Waals surface area contributed by atoms with Crippen LogP contribution in [-0.2, 0) is 14.3 Å². The molecule has 1 aliphatic rings. The van der Waals surface area contributed by atoms with Crippen LogP contribution in [0, 0.1) is 5.41 Å². The molecular weight excluding hydrogens is 250 g/mol. The van der Waals surface area contributed by atoms with Crippen LogP contribution in [0.15, 0.2) is 0 Å². The van der Waals surface area contributed by atoms with Gasteiger partial charge in [0.25, 0.3) is 0 Å². The molecule has 0 aromatic heterocycles. The molecule has 1 fully saturated rings. The van der Waals surface area contributed by atoms with E-state index in [4.69, 9.17) is 14.6 Å². The van der Waals surface area contributed by atoms with E-state index in [1.165, 1.54) is 0 Å². The molecule has 0 aromatic rings. The smallest absolute Gasteiger partial charge is 0.410 e. The van der Waals surface area contributed by atoms with Crippen molar-refractivity contribution in [1.82, 2.24) is 4.90 Å². The molecule has 1 rings (SSSR count). The summed E-state index contributed by atoms with van der Waals surface area (Å²) in [6.45, 7) is 9.82. The maximum Gasteiger partial charge on any atom is 0.410 e. The topological polar surface area (TPSA) is 76.1 Å². The lowest BCUT2D eigenvalue weighted by Crippen LogP contribution is -2.36. The molecule has 1 aliphatic heterocycles. The summed E-state index contributed by atoms with van der Waals surface area (Å²) in [5.74, 6) is -1.01. The summed E-state index contributed by atoms with van der Waals surface area (Å²) in [5, 5.41) is 8.64. The van der Waals surface area contributed by atoms with Crippen molar-refractivity contribution < 1.29 is 24.2 Å². The average Bonchev–Trinajstić information content (AvgIpc) is 2.48. The van der Waals surface area contributed by atoms with Crippen molar-refractivity contribution in [2.24, 2.45) is 5.41 Å². The molecule has 0 radical (unpaired) electrons. The Morgan fingerprint density at radius 1 is 1.37 bits per heavy atom. The lowest BCUT2D eigenvalue weighted by Gasteiger charge is -2.25. The highest BCUT2D eigenvalue weighted by Crippen LogP contribution is 2.32. The van der Waals surface area contributed by atoms with Gasteiger partial charge < -0.3 is 19.5 Å². The largest absolute Gasteiger partial charge is 0.480 e. The molecular formula is C13H23NO5. The van der Waals surface area contributed by atoms with Gasteiger partial charge >= 0.3 is 12.1 Å². The first-order chi connectivity index (χ1) is 8.51. The second kappa shape index (κ2) is 5.36. The van der Waals surface area contributed by atoms with Crippen molar-refractivity contribution in [3.8, 4) is 0 Å². The van der Waals surface area contributed by atoms with E-state index in [0.717, 1.165) is 0 Å². The van der Waals surface area contributed by atoms with Gasteiger partial charge in [0.05, 0.1) is 12.6 Å². The molecule has 1 N–H and O–H groups in total. The molecule has 0 saturated carbocycles. The van der Waals surface area contributed by atoms with E-state index in [0.29, 0.717) is 13.1 Å². The van der Waals surface area contributed by atoms with Crippen molar-refractivity contribution in [3.63, 3.8) is 0 Å². The summed E-state index contributed by atoms with van der Waals surface area (Å²) in [6, 6.07) is 0. The zero-order valence-corrected chi connectivity index (χ0v) is 12.2. The molecule has 6 heteroatoms. The van der Waals surface area contributed by atoms with Crippen molar-refractivity contribution >= 4 is 12.1 Å². The Kier molecular flexibility index (Phi) is 4.45. The van der Waals surface area contributed by atoms with Crippen LogP contribution in [-0.4, -0.2) is 53.5 Å². The van der Waals surface area contributed by atoms with Gasteiger partial charge in [-0.1, -0.05) is 13.8 Å². The van der Waals surface area contributed by atoms with E-state index in [2.05, 4.69) is 0 Å². The lowest BCUT2D eigenvalue weighted by molar-refractivity contribution is -0.145. The highest BCUT2D eigenvalue weighted by atomic mass is 16.6. The minimum Gasteiger partial charge on any atom is -0.480 e. The fraction of sp³-hybridized carbons (Fsp3) is 0.846. The molecule has 1 amide bonds. The van der Waals surface area contributed by atoms with Crippen LogP contribution in [0.5, 0.6) is 0 Å². The molecule has 0 spiro atoms. The number of nitrogens with zero attached hydrogens (tertiary/aromatic N) is 1. The van der Waals surface area contributed by atoms with Crippen LogP contribution in [0.1, 0.15) is 34.6 Å². The third-order valence-electron chi connectivity index (χ3n) is 2.92. The molecule has 6 nitrogen and oxygen atoms in total. The van der Waals surface area contributed by atoms with Crippen LogP contribution < -0.4 is 0 Å². The molecule has 0 aromatic carbocycles. The maximum absolute atomic E-state index is 12.0. The molecule has 110 valence electrons. The number of carboxylic acids is 1. The number of carbonyl (C=O) groups excluding carboxylic acids is 1. The Morgan fingerprint density at radius 2 is 1.95 bits per heavy atom. The number of ether oxygens (including phenoxy) is 2. The van der Waals surface area contributed by atoms with Crippen molar-refractivity contribution in [2.75, 3.05) is 19.7 Å². The second-order valence-electron chi connectivity index (χ2n) is 6.54. The van der Waals surface area contributed by atoms with Gasteiger partial charge in [-0.2, -0.15) is 0 Å². The number of carboxylic acid groups (broad SMARTS) is 1. The van der Waals surface area contributed by atoms with Gasteiger partial charge in [-0.25, -0.2) is 9.59 Å². The number of amides is 1. The zero-order chi connectivity index (χ0) is 14.8. The first kappa shape index (κ1) is 15.8. The number of carbonyl (C=O) groups is 2. The minimum atomic E-state index is -1.01. The fourth-order valence-electron chi connectivity index (χ4n) is 2.02. The predicted molar refractivity (Wildman–Crippen MR) is 69.0 cm³/mol. The van der Waals surface area contributed by atoms with Crippen molar-refractivity contribution in [1.29, 1.82) is 0 Å². The van der Waals surface area contributed by atoms with Gasteiger partial charge in [0, 0.05) is 12.0 Å². The Hall–Kier alpha value is -1.30. The van der Waals surface area contributed by atoms with Gasteiger partial charge in [-0.3, -0.25) is 0 Å². The lowest BCUT2D eigenvalue weighted by atomic mass is 9.90. The quantitative estimate of drug-likeness (QED) is 0.847. The summed E-state index contributed by atoms with van der Waals surface area (Å²) in [4.78, 5) is 24.1.